The number of nitrogens with zero attached hydrogens (tertiary/aromatic N) is 4. The SMILES string of the molecule is COc1cccc(-c2c3c(nc(C4(C)CCCO4)c2-c2nn[nH]n2)CCCCC3)c1. The zero-order chi connectivity index (χ0) is 20.6. The third-order valence-electron chi connectivity index (χ3n) is 6.37. The number of aromatic nitrogens is 5. The lowest BCUT2D eigenvalue weighted by Gasteiger charge is -2.28. The molecule has 1 unspecified atom stereocenters. The number of methoxy groups -OCH3 is 1. The molecular weight excluding hydrogens is 378 g/mol. The lowest BCUT2D eigenvalue weighted by atomic mass is 9.84. The Morgan fingerprint density at radius 3 is 2.77 bits per heavy atom. The van der Waals surface area contributed by atoms with Gasteiger partial charge in [-0.15, -0.1) is 10.2 Å². The third kappa shape index (κ3) is 3.27. The fourth-order valence-corrected chi connectivity index (χ4v) is 4.85. The molecule has 2 aliphatic rings. The minimum Gasteiger partial charge on any atom is -0.497 e. The zero-order valence-corrected chi connectivity index (χ0v) is 17.6. The van der Waals surface area contributed by atoms with Crippen LogP contribution in [0.3, 0.4) is 0 Å². The summed E-state index contributed by atoms with van der Waals surface area (Å²) in [5.74, 6) is 1.40. The van der Waals surface area contributed by atoms with Crippen LogP contribution in [0, 0.1) is 0 Å². The summed E-state index contributed by atoms with van der Waals surface area (Å²) in [7, 11) is 1.70. The Kier molecular flexibility index (Phi) is 4.98. The van der Waals surface area contributed by atoms with Crippen molar-refractivity contribution in [2.24, 2.45) is 0 Å². The van der Waals surface area contributed by atoms with E-state index in [0.717, 1.165) is 73.3 Å². The van der Waals surface area contributed by atoms with Crippen LogP contribution in [0.1, 0.15) is 56.0 Å². The van der Waals surface area contributed by atoms with Crippen LogP contribution in [-0.4, -0.2) is 39.3 Å². The molecule has 1 fully saturated rings. The van der Waals surface area contributed by atoms with Crippen LogP contribution in [0.15, 0.2) is 24.3 Å². The molecule has 3 aromatic rings. The molecule has 7 nitrogen and oxygen atoms in total. The number of benzene rings is 1. The van der Waals surface area contributed by atoms with E-state index in [1.807, 2.05) is 12.1 Å². The molecule has 1 atom stereocenters. The predicted molar refractivity (Wildman–Crippen MR) is 113 cm³/mol. The van der Waals surface area contributed by atoms with E-state index in [2.05, 4.69) is 39.7 Å². The standard InChI is InChI=1S/C23H27N5O2/c1-23(12-7-13-30-23)21-20(22-25-27-28-26-22)19(15-8-6-9-16(14-15)29-2)17-10-4-3-5-11-18(17)24-21/h6,8-9,14H,3-5,7,10-13H2,1-2H3,(H,25,26,27,28). The average Bonchev–Trinajstić information content (AvgIpc) is 3.40. The maximum atomic E-state index is 6.25. The zero-order valence-electron chi connectivity index (χ0n) is 17.6. The molecule has 0 amide bonds. The van der Waals surface area contributed by atoms with Gasteiger partial charge in [0.15, 0.2) is 0 Å². The molecule has 1 saturated heterocycles. The van der Waals surface area contributed by atoms with Crippen LogP contribution >= 0.6 is 0 Å². The molecule has 0 bridgehead atoms. The minimum atomic E-state index is -0.453. The van der Waals surface area contributed by atoms with Gasteiger partial charge in [-0.05, 0) is 79.5 Å². The van der Waals surface area contributed by atoms with E-state index in [4.69, 9.17) is 14.5 Å². The van der Waals surface area contributed by atoms with Crippen molar-refractivity contribution in [2.75, 3.05) is 13.7 Å². The van der Waals surface area contributed by atoms with E-state index >= 15 is 0 Å². The van der Waals surface area contributed by atoms with E-state index < -0.39 is 5.60 Å². The number of tetrazole rings is 1. The van der Waals surface area contributed by atoms with Crippen molar-refractivity contribution in [3.63, 3.8) is 0 Å². The van der Waals surface area contributed by atoms with Gasteiger partial charge in [-0.2, -0.15) is 5.21 Å². The van der Waals surface area contributed by atoms with E-state index in [0.29, 0.717) is 5.82 Å². The Labute approximate surface area is 176 Å². The summed E-state index contributed by atoms with van der Waals surface area (Å²) in [6.45, 7) is 2.89. The molecule has 0 saturated carbocycles. The van der Waals surface area contributed by atoms with Gasteiger partial charge in [-0.3, -0.25) is 4.98 Å². The van der Waals surface area contributed by atoms with Crippen LogP contribution in [0.2, 0.25) is 0 Å². The number of H-pyrrole nitrogens is 1. The molecule has 30 heavy (non-hydrogen) atoms. The van der Waals surface area contributed by atoms with Gasteiger partial charge in [0.05, 0.1) is 18.4 Å². The van der Waals surface area contributed by atoms with E-state index in [-0.39, 0.29) is 0 Å². The number of hydrogen-bond acceptors (Lipinski definition) is 6. The second kappa shape index (κ2) is 7.80. The Bertz CT molecular complexity index is 1040. The second-order valence-corrected chi connectivity index (χ2v) is 8.35. The minimum absolute atomic E-state index is 0.453. The van der Waals surface area contributed by atoms with Crippen LogP contribution in [-0.2, 0) is 23.2 Å². The molecule has 2 aromatic heterocycles. The molecule has 1 aliphatic heterocycles. The molecule has 0 radical (unpaired) electrons. The van der Waals surface area contributed by atoms with Gasteiger partial charge >= 0.3 is 0 Å². The molecule has 0 spiro atoms. The van der Waals surface area contributed by atoms with Crippen molar-refractivity contribution in [3.8, 4) is 28.3 Å². The Hall–Kier alpha value is -2.80. The van der Waals surface area contributed by atoms with Gasteiger partial charge in [0.1, 0.15) is 11.4 Å². The second-order valence-electron chi connectivity index (χ2n) is 8.35. The van der Waals surface area contributed by atoms with Crippen LogP contribution < -0.4 is 4.74 Å². The summed E-state index contributed by atoms with van der Waals surface area (Å²) >= 11 is 0. The van der Waals surface area contributed by atoms with Crippen molar-refractivity contribution < 1.29 is 9.47 Å². The van der Waals surface area contributed by atoms with Gasteiger partial charge in [0.25, 0.3) is 0 Å². The van der Waals surface area contributed by atoms with E-state index in [1.54, 1.807) is 7.11 Å². The first-order valence-electron chi connectivity index (χ1n) is 10.8. The van der Waals surface area contributed by atoms with E-state index in [1.165, 1.54) is 17.7 Å². The molecule has 3 heterocycles. The molecule has 1 N–H and O–H groups in total. The maximum absolute atomic E-state index is 6.25. The van der Waals surface area contributed by atoms with Gasteiger partial charge in [-0.25, -0.2) is 0 Å². The molecule has 5 rings (SSSR count). The number of nitrogens with one attached hydrogen (secondary N) is 1. The summed E-state index contributed by atoms with van der Waals surface area (Å²) in [6, 6.07) is 8.23. The number of hydrogen-bond donors (Lipinski definition) is 1. The summed E-state index contributed by atoms with van der Waals surface area (Å²) < 4.78 is 11.8. The maximum Gasteiger partial charge on any atom is 0.207 e. The third-order valence-corrected chi connectivity index (χ3v) is 6.37. The van der Waals surface area contributed by atoms with Gasteiger partial charge < -0.3 is 9.47 Å². The quantitative estimate of drug-likeness (QED) is 0.654. The molecule has 1 aliphatic carbocycles. The summed E-state index contributed by atoms with van der Waals surface area (Å²) in [4.78, 5) is 5.23. The lowest BCUT2D eigenvalue weighted by Crippen LogP contribution is -2.25. The highest BCUT2D eigenvalue weighted by Crippen LogP contribution is 2.46. The fraction of sp³-hybridized carbons (Fsp3) is 0.478. The monoisotopic (exact) mass is 405 g/mol. The van der Waals surface area contributed by atoms with Crippen molar-refractivity contribution >= 4 is 0 Å². The highest BCUT2D eigenvalue weighted by atomic mass is 16.5. The highest BCUT2D eigenvalue weighted by Gasteiger charge is 2.39. The molecular formula is C23H27N5O2. The number of fused-ring (bicyclic) bond motifs is 1. The van der Waals surface area contributed by atoms with Crippen LogP contribution in [0.5, 0.6) is 5.75 Å². The highest BCUT2D eigenvalue weighted by molar-refractivity contribution is 5.86. The van der Waals surface area contributed by atoms with Gasteiger partial charge in [0, 0.05) is 12.3 Å². The van der Waals surface area contributed by atoms with Crippen LogP contribution in [0.4, 0.5) is 0 Å². The summed E-state index contributed by atoms with van der Waals surface area (Å²) in [6.07, 6.45) is 7.48. The fourth-order valence-electron chi connectivity index (χ4n) is 4.85. The number of aromatic amines is 1. The molecule has 1 aromatic carbocycles. The topological polar surface area (TPSA) is 85.8 Å². The smallest absolute Gasteiger partial charge is 0.207 e. The largest absolute Gasteiger partial charge is 0.497 e. The van der Waals surface area contributed by atoms with Gasteiger partial charge in [0.2, 0.25) is 5.82 Å². The van der Waals surface area contributed by atoms with E-state index in [9.17, 15) is 0 Å². The van der Waals surface area contributed by atoms with Crippen molar-refractivity contribution in [3.05, 3.63) is 41.2 Å². The Morgan fingerprint density at radius 1 is 1.10 bits per heavy atom. The molecule has 156 valence electrons. The number of ether oxygens (including phenoxy) is 2. The Balaban J connectivity index is 1.86. The lowest BCUT2D eigenvalue weighted by molar-refractivity contribution is 0.0136. The molecule has 7 heteroatoms. The number of pyridine rings is 1. The van der Waals surface area contributed by atoms with Gasteiger partial charge in [-0.1, -0.05) is 18.6 Å². The van der Waals surface area contributed by atoms with Crippen molar-refractivity contribution in [1.29, 1.82) is 0 Å². The first-order valence-corrected chi connectivity index (χ1v) is 10.8. The Morgan fingerprint density at radius 2 is 2.00 bits per heavy atom. The van der Waals surface area contributed by atoms with Crippen molar-refractivity contribution in [1.82, 2.24) is 25.6 Å². The van der Waals surface area contributed by atoms with Crippen molar-refractivity contribution in [2.45, 2.75) is 57.5 Å². The predicted octanol–water partition coefficient (Wildman–Crippen LogP) is 4.23. The summed E-state index contributed by atoms with van der Waals surface area (Å²) in [5.41, 5.74) is 6.13. The number of rotatable bonds is 4. The first kappa shape index (κ1) is 19.2. The average molecular weight is 406 g/mol. The summed E-state index contributed by atoms with van der Waals surface area (Å²) in [5, 5.41) is 15.2. The number of aryl methyl sites for hydroxylation is 1. The first-order chi connectivity index (χ1) is 14.7. The normalized spacial score (nSPS) is 21.3. The van der Waals surface area contributed by atoms with Crippen LogP contribution in [0.25, 0.3) is 22.5 Å².